The van der Waals surface area contributed by atoms with Crippen molar-refractivity contribution in [2.45, 2.75) is 165 Å². The van der Waals surface area contributed by atoms with Crippen LogP contribution in [0.3, 0.4) is 0 Å². The summed E-state index contributed by atoms with van der Waals surface area (Å²) in [5, 5.41) is 13.1. The highest BCUT2D eigenvalue weighted by atomic mass is 31.2. The lowest BCUT2D eigenvalue weighted by Gasteiger charge is -2.63. The Bertz CT molecular complexity index is 1690. The smallest absolute Gasteiger partial charge is 0.459 e. The molecule has 5 rings (SSSR count). The molecule has 0 radical (unpaired) electrons. The van der Waals surface area contributed by atoms with Gasteiger partial charge in [0.15, 0.2) is 0 Å². The van der Waals surface area contributed by atoms with E-state index < -0.39 is 25.7 Å². The first-order valence-electron chi connectivity index (χ1n) is 20.8. The van der Waals surface area contributed by atoms with E-state index in [2.05, 4.69) is 66.6 Å². The summed E-state index contributed by atoms with van der Waals surface area (Å²) in [5.41, 5.74) is 5.88. The van der Waals surface area contributed by atoms with E-state index in [-0.39, 0.29) is 46.2 Å². The molecule has 1 aromatic carbocycles. The zero-order valence-corrected chi connectivity index (χ0v) is 36.3. The first-order chi connectivity index (χ1) is 25.1. The zero-order chi connectivity index (χ0) is 40.0. The molecule has 8 nitrogen and oxygen atoms in total. The third-order valence-electron chi connectivity index (χ3n) is 14.9. The van der Waals surface area contributed by atoms with Crippen LogP contribution in [-0.4, -0.2) is 35.8 Å². The number of fused-ring (bicyclic) bond motifs is 4. The molecule has 1 unspecified atom stereocenters. The molecule has 0 aliphatic heterocycles. The van der Waals surface area contributed by atoms with Crippen molar-refractivity contribution in [2.75, 3.05) is 6.61 Å². The number of esters is 1. The van der Waals surface area contributed by atoms with E-state index in [0.717, 1.165) is 43.6 Å². The average Bonchev–Trinajstić information content (AvgIpc) is 3.35. The number of para-hydroxylation sites is 1. The second-order valence-corrected chi connectivity index (χ2v) is 20.7. The van der Waals surface area contributed by atoms with E-state index in [0.29, 0.717) is 17.3 Å². The van der Waals surface area contributed by atoms with E-state index in [1.807, 2.05) is 6.07 Å². The number of benzene rings is 1. The van der Waals surface area contributed by atoms with Crippen LogP contribution in [-0.2, 0) is 18.6 Å². The van der Waals surface area contributed by atoms with Crippen molar-refractivity contribution in [3.8, 4) is 5.75 Å². The summed E-state index contributed by atoms with van der Waals surface area (Å²) in [5.74, 6) is 0.0512. The topological polar surface area (TPSA) is 111 Å². The quantitative estimate of drug-likeness (QED) is 0.109. The number of carbonyl (C=O) groups is 2. The summed E-state index contributed by atoms with van der Waals surface area (Å²) in [7, 11) is -4.22. The van der Waals surface area contributed by atoms with E-state index >= 15 is 0 Å². The van der Waals surface area contributed by atoms with Gasteiger partial charge in [0, 0.05) is 0 Å². The Balaban J connectivity index is 1.47. The normalized spacial score (nSPS) is 32.4. The minimum Gasteiger partial charge on any atom is -0.478 e. The van der Waals surface area contributed by atoms with Gasteiger partial charge in [-0.05, 0) is 163 Å². The summed E-state index contributed by atoms with van der Waals surface area (Å²) >= 11 is 0. The van der Waals surface area contributed by atoms with Crippen molar-refractivity contribution < 1.29 is 33.0 Å². The lowest BCUT2D eigenvalue weighted by atomic mass is 9.42. The van der Waals surface area contributed by atoms with E-state index in [1.165, 1.54) is 50.7 Å². The summed E-state index contributed by atoms with van der Waals surface area (Å²) in [4.78, 5) is 25.4. The number of rotatable bonds is 14. The van der Waals surface area contributed by atoms with Crippen LogP contribution in [0.5, 0.6) is 5.75 Å². The zero-order valence-electron chi connectivity index (χ0n) is 35.4. The van der Waals surface area contributed by atoms with Gasteiger partial charge in [-0.1, -0.05) is 76.5 Å². The van der Waals surface area contributed by atoms with Crippen LogP contribution in [0, 0.1) is 39.4 Å². The Morgan fingerprint density at radius 2 is 1.69 bits per heavy atom. The van der Waals surface area contributed by atoms with E-state index in [9.17, 15) is 19.3 Å². The molecule has 4 aliphatic rings. The van der Waals surface area contributed by atoms with Crippen molar-refractivity contribution in [2.24, 2.45) is 39.4 Å². The van der Waals surface area contributed by atoms with Crippen LogP contribution < -0.4 is 9.61 Å². The highest BCUT2D eigenvalue weighted by Gasteiger charge is 2.63. The number of nitrogens with one attached hydrogen (secondary N) is 1. The number of aromatic carboxylic acids is 1. The first-order valence-corrected chi connectivity index (χ1v) is 22.3. The highest BCUT2D eigenvalue weighted by molar-refractivity contribution is 7.52. The Morgan fingerprint density at radius 3 is 2.31 bits per heavy atom. The molecular formula is C45H70NO7P. The SMILES string of the molecule is CCOP(=O)(N[C@H](C)C(=O)OC(C)C)Oc1c(C(=O)O)cccc1[C@H]1CC[C@]2(C)C3=C(CC[C@@H]2C1(C)C)[C@]1(C)CC[C@H]([C@H](C)CCC=C(C)C)[C@@]1(C)CC3. The molecular weight excluding hydrogens is 697 g/mol. The largest absolute Gasteiger partial charge is 0.478 e. The minimum atomic E-state index is -4.22. The van der Waals surface area contributed by atoms with Crippen LogP contribution in [0.15, 0.2) is 41.0 Å². The molecule has 2 saturated carbocycles. The van der Waals surface area contributed by atoms with Crippen molar-refractivity contribution in [1.82, 2.24) is 5.09 Å². The van der Waals surface area contributed by atoms with Crippen molar-refractivity contribution in [1.29, 1.82) is 0 Å². The molecule has 0 bridgehead atoms. The molecule has 0 amide bonds. The Hall–Kier alpha value is -2.41. The molecule has 2 fully saturated rings. The fourth-order valence-electron chi connectivity index (χ4n) is 12.1. The third kappa shape index (κ3) is 7.67. The van der Waals surface area contributed by atoms with Gasteiger partial charge in [0.2, 0.25) is 0 Å². The van der Waals surface area contributed by atoms with E-state index in [1.54, 1.807) is 38.0 Å². The van der Waals surface area contributed by atoms with Gasteiger partial charge in [0.1, 0.15) is 17.4 Å². The van der Waals surface area contributed by atoms with Gasteiger partial charge < -0.3 is 14.4 Å². The molecule has 9 heteroatoms. The number of carboxylic acids is 1. The van der Waals surface area contributed by atoms with Gasteiger partial charge in [0.05, 0.1) is 12.7 Å². The second kappa shape index (κ2) is 15.9. The molecule has 302 valence electrons. The highest BCUT2D eigenvalue weighted by Crippen LogP contribution is 2.73. The predicted octanol–water partition coefficient (Wildman–Crippen LogP) is 12.1. The number of hydrogen-bond acceptors (Lipinski definition) is 6. The van der Waals surface area contributed by atoms with Gasteiger partial charge in [0.25, 0.3) is 0 Å². The maximum Gasteiger partial charge on any atom is 0.459 e. The summed E-state index contributed by atoms with van der Waals surface area (Å²) in [6.45, 7) is 26.1. The van der Waals surface area contributed by atoms with Gasteiger partial charge in [-0.3, -0.25) is 9.32 Å². The third-order valence-corrected chi connectivity index (χ3v) is 16.7. The minimum absolute atomic E-state index is 0.0289. The molecule has 0 heterocycles. The lowest BCUT2D eigenvalue weighted by Crippen LogP contribution is -2.53. The van der Waals surface area contributed by atoms with Crippen LogP contribution >= 0.6 is 7.75 Å². The molecule has 0 spiro atoms. The van der Waals surface area contributed by atoms with Gasteiger partial charge >= 0.3 is 19.7 Å². The summed E-state index contributed by atoms with van der Waals surface area (Å²) in [6, 6.07) is 4.17. The molecule has 54 heavy (non-hydrogen) atoms. The van der Waals surface area contributed by atoms with Crippen LogP contribution in [0.4, 0.5) is 0 Å². The molecule has 0 aromatic heterocycles. The Kier molecular flexibility index (Phi) is 12.5. The van der Waals surface area contributed by atoms with Crippen LogP contribution in [0.2, 0.25) is 0 Å². The van der Waals surface area contributed by atoms with Gasteiger partial charge in [-0.15, -0.1) is 0 Å². The molecule has 0 saturated heterocycles. The van der Waals surface area contributed by atoms with Gasteiger partial charge in [-0.25, -0.2) is 9.36 Å². The van der Waals surface area contributed by atoms with Crippen LogP contribution in [0.1, 0.15) is 169 Å². The number of ether oxygens (including phenoxy) is 1. The second-order valence-electron chi connectivity index (χ2n) is 19.0. The maximum atomic E-state index is 14.3. The standard InChI is InChI=1S/C45H70NO7P/c1-13-51-54(50,46-31(7)41(49)52-29(4)5)53-39-32(18-15-19-33(39)40(47)48)35-22-25-43(10)36-24-27-44(11)34(30(6)17-14-16-28(2)3)23-26-45(44,12)37(36)20-21-38(43)42(35,8)9/h15-16,18-19,29-31,34-35,38H,13-14,17,20-27H2,1-12H3,(H,46,50)(H,47,48)/t30-,31-,34-,35-,38-,43-,44-,45+,54?/m1/s1. The Morgan fingerprint density at radius 1 is 0.981 bits per heavy atom. The maximum absolute atomic E-state index is 14.3. The average molecular weight is 768 g/mol. The number of carboxylic acid groups (broad SMARTS) is 1. The van der Waals surface area contributed by atoms with E-state index in [4.69, 9.17) is 13.8 Å². The molecule has 9 atom stereocenters. The monoisotopic (exact) mass is 767 g/mol. The lowest BCUT2D eigenvalue weighted by molar-refractivity contribution is -0.149. The molecule has 1 aromatic rings. The molecule has 4 aliphatic carbocycles. The van der Waals surface area contributed by atoms with Crippen molar-refractivity contribution in [3.63, 3.8) is 0 Å². The number of carbonyl (C=O) groups excluding carboxylic acids is 1. The van der Waals surface area contributed by atoms with Crippen molar-refractivity contribution >= 4 is 19.7 Å². The molecule has 2 N–H and O–H groups in total. The predicted molar refractivity (Wildman–Crippen MR) is 217 cm³/mol. The summed E-state index contributed by atoms with van der Waals surface area (Å²) in [6.07, 6.45) is 13.5. The van der Waals surface area contributed by atoms with Crippen LogP contribution in [0.25, 0.3) is 0 Å². The number of hydrogen-bond donors (Lipinski definition) is 2. The fourth-order valence-corrected chi connectivity index (χ4v) is 13.7. The van der Waals surface area contributed by atoms with Crippen molar-refractivity contribution in [3.05, 3.63) is 52.1 Å². The first kappa shape index (κ1) is 42.7. The number of allylic oxidation sites excluding steroid dienone is 4. The Labute approximate surface area is 326 Å². The summed E-state index contributed by atoms with van der Waals surface area (Å²) < 4.78 is 31.6. The van der Waals surface area contributed by atoms with Gasteiger partial charge in [-0.2, -0.15) is 5.09 Å². The fraction of sp³-hybridized carbons (Fsp3) is 0.733.